The lowest BCUT2D eigenvalue weighted by Crippen LogP contribution is -2.09. The van der Waals surface area contributed by atoms with E-state index in [2.05, 4.69) is 25.5 Å². The summed E-state index contributed by atoms with van der Waals surface area (Å²) in [5.74, 6) is 0.310. The van der Waals surface area contributed by atoms with Crippen LogP contribution in [0, 0.1) is 0 Å². The van der Waals surface area contributed by atoms with E-state index in [9.17, 15) is 0 Å². The van der Waals surface area contributed by atoms with Crippen LogP contribution in [0.5, 0.6) is 0 Å². The number of halogens is 2. The summed E-state index contributed by atoms with van der Waals surface area (Å²) in [5.41, 5.74) is 6.37. The monoisotopic (exact) mass is 326 g/mol. The first-order valence-corrected chi connectivity index (χ1v) is 6.71. The van der Waals surface area contributed by atoms with Gasteiger partial charge in [-0.2, -0.15) is 15.1 Å². The van der Waals surface area contributed by atoms with Crippen LogP contribution >= 0.6 is 23.2 Å². The molecule has 1 aromatic carbocycles. The maximum absolute atomic E-state index is 8.85. The Morgan fingerprint density at radius 2 is 1.86 bits per heavy atom. The van der Waals surface area contributed by atoms with E-state index < -0.39 is 0 Å². The van der Waals surface area contributed by atoms with Crippen molar-refractivity contribution in [3.05, 3.63) is 34.4 Å². The smallest absolute Gasteiger partial charge is 0.223 e. The van der Waals surface area contributed by atoms with E-state index in [1.54, 1.807) is 24.3 Å². The minimum Gasteiger partial charge on any atom is -0.395 e. The number of hydrogen-bond donors (Lipinski definition) is 3. The summed E-state index contributed by atoms with van der Waals surface area (Å²) in [4.78, 5) is 7.81. The number of anilines is 2. The zero-order chi connectivity index (χ0) is 15.2. The first kappa shape index (κ1) is 15.4. The second kappa shape index (κ2) is 7.16. The minimum atomic E-state index is -0.0741. The molecule has 0 spiro atoms. The summed E-state index contributed by atoms with van der Waals surface area (Å²) in [7, 11) is 0. The van der Waals surface area contributed by atoms with Gasteiger partial charge in [0.05, 0.1) is 12.3 Å². The number of rotatable bonds is 5. The Bertz CT molecular complexity index is 647. The molecule has 0 saturated heterocycles. The molecule has 0 fully saturated rings. The Hall–Kier alpha value is -1.96. The Morgan fingerprint density at radius 3 is 2.52 bits per heavy atom. The van der Waals surface area contributed by atoms with Crippen molar-refractivity contribution in [1.29, 1.82) is 0 Å². The molecule has 0 radical (unpaired) electrons. The number of nitrogens with one attached hydrogen (secondary N) is 1. The zero-order valence-corrected chi connectivity index (χ0v) is 12.3. The van der Waals surface area contributed by atoms with Crippen LogP contribution in [0.4, 0.5) is 23.1 Å². The largest absolute Gasteiger partial charge is 0.395 e. The molecule has 1 heterocycles. The second-order valence-electron chi connectivity index (χ2n) is 3.90. The number of aromatic nitrogens is 2. The van der Waals surface area contributed by atoms with Crippen molar-refractivity contribution < 1.29 is 5.11 Å². The molecule has 0 saturated carbocycles. The number of hydrogen-bond acceptors (Lipinski definition) is 7. The summed E-state index contributed by atoms with van der Waals surface area (Å²) in [6.07, 6.45) is 0. The lowest BCUT2D eigenvalue weighted by Gasteiger charge is -2.07. The van der Waals surface area contributed by atoms with Crippen LogP contribution < -0.4 is 11.1 Å². The predicted octanol–water partition coefficient (Wildman–Crippen LogP) is 3.19. The molecule has 1 aromatic heterocycles. The number of benzene rings is 1. The maximum Gasteiger partial charge on any atom is 0.223 e. The van der Waals surface area contributed by atoms with Gasteiger partial charge in [-0.05, 0) is 24.3 Å². The first-order valence-electron chi connectivity index (χ1n) is 5.95. The van der Waals surface area contributed by atoms with Crippen LogP contribution in [0.2, 0.25) is 10.2 Å². The SMILES string of the molecule is Nc1nc(Cl)c(N=Nc2ccc(Cl)cc2)c(NCCO)n1. The van der Waals surface area contributed by atoms with Crippen molar-refractivity contribution in [3.8, 4) is 0 Å². The molecule has 21 heavy (non-hydrogen) atoms. The molecule has 0 aliphatic heterocycles. The Morgan fingerprint density at radius 1 is 1.14 bits per heavy atom. The van der Waals surface area contributed by atoms with Gasteiger partial charge in [-0.3, -0.25) is 0 Å². The maximum atomic E-state index is 8.85. The molecule has 2 aromatic rings. The van der Waals surface area contributed by atoms with Crippen molar-refractivity contribution in [2.24, 2.45) is 10.2 Å². The molecule has 110 valence electrons. The fourth-order valence-electron chi connectivity index (χ4n) is 1.45. The second-order valence-corrected chi connectivity index (χ2v) is 4.69. The van der Waals surface area contributed by atoms with Crippen molar-refractivity contribution in [2.45, 2.75) is 0 Å². The number of aliphatic hydroxyl groups excluding tert-OH is 1. The highest BCUT2D eigenvalue weighted by Crippen LogP contribution is 2.32. The average Bonchev–Trinajstić information content (AvgIpc) is 2.45. The average molecular weight is 327 g/mol. The van der Waals surface area contributed by atoms with Crippen LogP contribution in [-0.4, -0.2) is 28.2 Å². The van der Waals surface area contributed by atoms with Gasteiger partial charge in [-0.25, -0.2) is 0 Å². The van der Waals surface area contributed by atoms with Gasteiger partial charge in [0.2, 0.25) is 5.95 Å². The van der Waals surface area contributed by atoms with Gasteiger partial charge in [0.25, 0.3) is 0 Å². The Kier molecular flexibility index (Phi) is 5.26. The lowest BCUT2D eigenvalue weighted by molar-refractivity contribution is 0.311. The highest BCUT2D eigenvalue weighted by molar-refractivity contribution is 6.32. The van der Waals surface area contributed by atoms with Crippen molar-refractivity contribution in [1.82, 2.24) is 9.97 Å². The molecule has 0 aliphatic carbocycles. The topological polar surface area (TPSA) is 109 Å². The Labute approximate surface area is 130 Å². The summed E-state index contributed by atoms with van der Waals surface area (Å²) >= 11 is 11.8. The molecule has 0 atom stereocenters. The van der Waals surface area contributed by atoms with Gasteiger partial charge in [-0.15, -0.1) is 5.11 Å². The van der Waals surface area contributed by atoms with Gasteiger partial charge in [0.1, 0.15) is 0 Å². The van der Waals surface area contributed by atoms with Crippen LogP contribution in [0.15, 0.2) is 34.5 Å². The molecule has 9 heteroatoms. The van der Waals surface area contributed by atoms with E-state index in [-0.39, 0.29) is 29.9 Å². The zero-order valence-electron chi connectivity index (χ0n) is 10.8. The number of nitrogens with zero attached hydrogens (tertiary/aromatic N) is 4. The third-order valence-electron chi connectivity index (χ3n) is 2.36. The molecule has 0 amide bonds. The van der Waals surface area contributed by atoms with Gasteiger partial charge < -0.3 is 16.2 Å². The van der Waals surface area contributed by atoms with Gasteiger partial charge in [0.15, 0.2) is 16.7 Å². The standard InChI is InChI=1S/C12H12Cl2N6O/c13-7-1-3-8(4-2-7)19-20-9-10(14)17-12(15)18-11(9)16-5-6-21/h1-4,21H,5-6H2,(H3,15,16,17,18). The highest BCUT2D eigenvalue weighted by Gasteiger charge is 2.11. The van der Waals surface area contributed by atoms with E-state index >= 15 is 0 Å². The normalized spacial score (nSPS) is 11.0. The number of aliphatic hydroxyl groups is 1. The third-order valence-corrected chi connectivity index (χ3v) is 2.87. The number of azo groups is 1. The Balaban J connectivity index is 2.31. The molecule has 0 unspecified atom stereocenters. The van der Waals surface area contributed by atoms with Crippen molar-refractivity contribution in [2.75, 3.05) is 24.2 Å². The summed E-state index contributed by atoms with van der Waals surface area (Å²) in [5, 5.41) is 20.4. The van der Waals surface area contributed by atoms with Crippen molar-refractivity contribution in [3.63, 3.8) is 0 Å². The van der Waals surface area contributed by atoms with E-state index in [4.69, 9.17) is 34.0 Å². The fourth-order valence-corrected chi connectivity index (χ4v) is 1.79. The van der Waals surface area contributed by atoms with Crippen LogP contribution in [-0.2, 0) is 0 Å². The highest BCUT2D eigenvalue weighted by atomic mass is 35.5. The van der Waals surface area contributed by atoms with E-state index in [0.29, 0.717) is 16.5 Å². The van der Waals surface area contributed by atoms with Gasteiger partial charge >= 0.3 is 0 Å². The molecule has 2 rings (SSSR count). The van der Waals surface area contributed by atoms with Crippen molar-refractivity contribution >= 4 is 46.3 Å². The minimum absolute atomic E-state index is 0.00545. The van der Waals surface area contributed by atoms with Crippen LogP contribution in [0.3, 0.4) is 0 Å². The number of nitrogen functional groups attached to an aromatic ring is 1. The molecular formula is C12H12Cl2N6O. The summed E-state index contributed by atoms with van der Waals surface area (Å²) in [6.45, 7) is 0.200. The third kappa shape index (κ3) is 4.25. The summed E-state index contributed by atoms with van der Waals surface area (Å²) < 4.78 is 0. The van der Waals surface area contributed by atoms with Gasteiger partial charge in [0, 0.05) is 11.6 Å². The fraction of sp³-hybridized carbons (Fsp3) is 0.167. The first-order chi connectivity index (χ1) is 10.1. The van der Waals surface area contributed by atoms with E-state index in [1.165, 1.54) is 0 Å². The summed E-state index contributed by atoms with van der Waals surface area (Å²) in [6, 6.07) is 6.81. The molecule has 7 nitrogen and oxygen atoms in total. The number of nitrogens with two attached hydrogens (primary N) is 1. The molecular weight excluding hydrogens is 315 g/mol. The van der Waals surface area contributed by atoms with E-state index in [0.717, 1.165) is 0 Å². The molecule has 0 bridgehead atoms. The quantitative estimate of drug-likeness (QED) is 0.577. The lowest BCUT2D eigenvalue weighted by atomic mass is 10.3. The van der Waals surface area contributed by atoms with Crippen LogP contribution in [0.1, 0.15) is 0 Å². The van der Waals surface area contributed by atoms with E-state index in [1.807, 2.05) is 0 Å². The molecule has 0 aliphatic rings. The predicted molar refractivity (Wildman–Crippen MR) is 82.7 cm³/mol. The van der Waals surface area contributed by atoms with Gasteiger partial charge in [-0.1, -0.05) is 23.2 Å². The van der Waals surface area contributed by atoms with Crippen LogP contribution in [0.25, 0.3) is 0 Å². The molecule has 4 N–H and O–H groups in total.